The summed E-state index contributed by atoms with van der Waals surface area (Å²) < 4.78 is 36.4. The van der Waals surface area contributed by atoms with Gasteiger partial charge in [-0.15, -0.1) is 0 Å². The summed E-state index contributed by atoms with van der Waals surface area (Å²) in [6.07, 6.45) is -1.53. The van der Waals surface area contributed by atoms with Crippen molar-refractivity contribution in [3.8, 4) is 0 Å². The summed E-state index contributed by atoms with van der Waals surface area (Å²) in [6.45, 7) is 1.98. The summed E-state index contributed by atoms with van der Waals surface area (Å²) in [5.41, 5.74) is 0. The second kappa shape index (κ2) is 4.29. The highest BCUT2D eigenvalue weighted by Gasteiger charge is 2.37. The van der Waals surface area contributed by atoms with E-state index in [-0.39, 0.29) is 6.54 Å². The van der Waals surface area contributed by atoms with Gasteiger partial charge in [0, 0.05) is 25.2 Å². The molecule has 1 atom stereocenters. The molecule has 0 radical (unpaired) electrons. The summed E-state index contributed by atoms with van der Waals surface area (Å²) in [5, 5.41) is 3.21. The lowest BCUT2D eigenvalue weighted by molar-refractivity contribution is -0.139. The maximum absolute atomic E-state index is 12.1. The molecule has 1 saturated heterocycles. The molecular weight excluding hydrogens is 205 g/mol. The normalized spacial score (nSPS) is 27.6. The first-order chi connectivity index (χ1) is 7.06. The number of halogens is 3. The molecule has 0 aromatic carbocycles. The predicted molar refractivity (Wildman–Crippen MR) is 51.7 cm³/mol. The van der Waals surface area contributed by atoms with Crippen molar-refractivity contribution in [3.05, 3.63) is 0 Å². The largest absolute Gasteiger partial charge is 0.390 e. The first kappa shape index (κ1) is 11.2. The minimum Gasteiger partial charge on any atom is -0.315 e. The van der Waals surface area contributed by atoms with E-state index in [4.69, 9.17) is 0 Å². The van der Waals surface area contributed by atoms with Crippen LogP contribution in [0.1, 0.15) is 25.7 Å². The smallest absolute Gasteiger partial charge is 0.315 e. The third-order valence-electron chi connectivity index (χ3n) is 3.17. The molecule has 2 rings (SSSR count). The van der Waals surface area contributed by atoms with Gasteiger partial charge in [-0.2, -0.15) is 13.2 Å². The van der Waals surface area contributed by atoms with Crippen LogP contribution in [0, 0.1) is 0 Å². The summed E-state index contributed by atoms with van der Waals surface area (Å²) in [6, 6.07) is 0.761. The van der Waals surface area contributed by atoms with Gasteiger partial charge in [0.2, 0.25) is 0 Å². The quantitative estimate of drug-likeness (QED) is 0.779. The van der Waals surface area contributed by atoms with Gasteiger partial charge in [0.15, 0.2) is 0 Å². The zero-order valence-electron chi connectivity index (χ0n) is 8.69. The summed E-state index contributed by atoms with van der Waals surface area (Å²) in [7, 11) is 0. The molecular formula is C10H17F3N2. The first-order valence-corrected chi connectivity index (χ1v) is 5.59. The van der Waals surface area contributed by atoms with Gasteiger partial charge in [-0.1, -0.05) is 0 Å². The van der Waals surface area contributed by atoms with Crippen LogP contribution in [0.15, 0.2) is 0 Å². The molecule has 1 saturated carbocycles. The van der Waals surface area contributed by atoms with Gasteiger partial charge in [-0.25, -0.2) is 0 Å². The van der Waals surface area contributed by atoms with E-state index in [9.17, 15) is 13.2 Å². The van der Waals surface area contributed by atoms with E-state index in [0.717, 1.165) is 32.4 Å². The number of nitrogens with zero attached hydrogens (tertiary/aromatic N) is 1. The topological polar surface area (TPSA) is 15.3 Å². The Labute approximate surface area is 87.8 Å². The highest BCUT2D eigenvalue weighted by atomic mass is 19.4. The van der Waals surface area contributed by atoms with Crippen LogP contribution in [0.25, 0.3) is 0 Å². The van der Waals surface area contributed by atoms with Crippen molar-refractivity contribution < 1.29 is 13.2 Å². The molecule has 1 unspecified atom stereocenters. The SMILES string of the molecule is FC(F)(F)CCN(C1CC1)C1CCNC1. The van der Waals surface area contributed by atoms with E-state index in [1.807, 2.05) is 0 Å². The van der Waals surface area contributed by atoms with Gasteiger partial charge in [0.1, 0.15) is 0 Å². The summed E-state index contributed by atoms with van der Waals surface area (Å²) in [5.74, 6) is 0. The molecule has 2 nitrogen and oxygen atoms in total. The van der Waals surface area contributed by atoms with Crippen LogP contribution in [0.2, 0.25) is 0 Å². The molecule has 15 heavy (non-hydrogen) atoms. The Kier molecular flexibility index (Phi) is 3.21. The van der Waals surface area contributed by atoms with Crippen molar-refractivity contribution in [1.82, 2.24) is 10.2 Å². The van der Waals surface area contributed by atoms with Crippen molar-refractivity contribution in [2.75, 3.05) is 19.6 Å². The Balaban J connectivity index is 1.83. The lowest BCUT2D eigenvalue weighted by Gasteiger charge is -2.28. The van der Waals surface area contributed by atoms with E-state index < -0.39 is 12.6 Å². The number of alkyl halides is 3. The van der Waals surface area contributed by atoms with Crippen LogP contribution >= 0.6 is 0 Å². The third-order valence-corrected chi connectivity index (χ3v) is 3.17. The fourth-order valence-corrected chi connectivity index (χ4v) is 2.25. The summed E-state index contributed by atoms with van der Waals surface area (Å²) >= 11 is 0. The molecule has 2 fully saturated rings. The third kappa shape index (κ3) is 3.34. The Bertz CT molecular complexity index is 207. The van der Waals surface area contributed by atoms with E-state index >= 15 is 0 Å². The Hall–Kier alpha value is -0.290. The van der Waals surface area contributed by atoms with Crippen molar-refractivity contribution in [3.63, 3.8) is 0 Å². The average molecular weight is 222 g/mol. The zero-order chi connectivity index (χ0) is 10.9. The zero-order valence-corrected chi connectivity index (χ0v) is 8.69. The minimum atomic E-state index is -4.01. The second-order valence-corrected chi connectivity index (χ2v) is 4.48. The van der Waals surface area contributed by atoms with Crippen molar-refractivity contribution in [1.29, 1.82) is 0 Å². The van der Waals surface area contributed by atoms with Crippen LogP contribution in [-0.2, 0) is 0 Å². The molecule has 5 heteroatoms. The molecule has 0 aromatic heterocycles. The van der Waals surface area contributed by atoms with Gasteiger partial charge in [-0.3, -0.25) is 4.90 Å². The lowest BCUT2D eigenvalue weighted by Crippen LogP contribution is -2.40. The van der Waals surface area contributed by atoms with E-state index in [1.54, 1.807) is 0 Å². The van der Waals surface area contributed by atoms with Crippen LogP contribution in [0.3, 0.4) is 0 Å². The highest BCUT2D eigenvalue weighted by molar-refractivity contribution is 4.92. The monoisotopic (exact) mass is 222 g/mol. The average Bonchev–Trinajstić information content (AvgIpc) is 2.80. The first-order valence-electron chi connectivity index (χ1n) is 5.59. The molecule has 0 amide bonds. The van der Waals surface area contributed by atoms with Crippen LogP contribution < -0.4 is 5.32 Å². The Morgan fingerprint density at radius 3 is 2.33 bits per heavy atom. The number of nitrogens with one attached hydrogen (secondary N) is 1. The van der Waals surface area contributed by atoms with Crippen molar-refractivity contribution in [2.45, 2.75) is 43.9 Å². The van der Waals surface area contributed by atoms with E-state index in [1.165, 1.54) is 0 Å². The molecule has 1 N–H and O–H groups in total. The number of rotatable bonds is 4. The van der Waals surface area contributed by atoms with Gasteiger partial charge in [0.05, 0.1) is 6.42 Å². The fourth-order valence-electron chi connectivity index (χ4n) is 2.25. The number of hydrogen-bond donors (Lipinski definition) is 1. The molecule has 88 valence electrons. The standard InChI is InChI=1S/C10H17F3N2/c11-10(12,13)4-6-15(8-1-2-8)9-3-5-14-7-9/h8-9,14H,1-7H2. The molecule has 1 aliphatic heterocycles. The molecule has 1 heterocycles. The summed E-state index contributed by atoms with van der Waals surface area (Å²) in [4.78, 5) is 2.06. The van der Waals surface area contributed by atoms with Crippen molar-refractivity contribution in [2.24, 2.45) is 0 Å². The van der Waals surface area contributed by atoms with Crippen molar-refractivity contribution >= 4 is 0 Å². The Morgan fingerprint density at radius 1 is 1.13 bits per heavy atom. The van der Waals surface area contributed by atoms with Crippen LogP contribution in [-0.4, -0.2) is 42.8 Å². The maximum Gasteiger partial charge on any atom is 0.390 e. The maximum atomic E-state index is 12.1. The molecule has 0 spiro atoms. The molecule has 2 aliphatic rings. The number of hydrogen-bond acceptors (Lipinski definition) is 2. The van der Waals surface area contributed by atoms with Gasteiger partial charge in [-0.05, 0) is 25.8 Å². The lowest BCUT2D eigenvalue weighted by atomic mass is 10.2. The van der Waals surface area contributed by atoms with E-state index in [0.29, 0.717) is 12.1 Å². The second-order valence-electron chi connectivity index (χ2n) is 4.48. The van der Waals surface area contributed by atoms with Gasteiger partial charge < -0.3 is 5.32 Å². The molecule has 0 bridgehead atoms. The van der Waals surface area contributed by atoms with Crippen LogP contribution in [0.4, 0.5) is 13.2 Å². The van der Waals surface area contributed by atoms with Crippen LogP contribution in [0.5, 0.6) is 0 Å². The molecule has 0 aromatic rings. The van der Waals surface area contributed by atoms with Gasteiger partial charge >= 0.3 is 6.18 Å². The predicted octanol–water partition coefficient (Wildman–Crippen LogP) is 1.77. The minimum absolute atomic E-state index is 0.181. The van der Waals surface area contributed by atoms with Gasteiger partial charge in [0.25, 0.3) is 0 Å². The highest BCUT2D eigenvalue weighted by Crippen LogP contribution is 2.32. The Morgan fingerprint density at radius 2 is 1.87 bits per heavy atom. The molecule has 1 aliphatic carbocycles. The van der Waals surface area contributed by atoms with E-state index in [2.05, 4.69) is 10.2 Å². The fraction of sp³-hybridized carbons (Fsp3) is 1.00.